The van der Waals surface area contributed by atoms with Gasteiger partial charge in [0, 0.05) is 6.07 Å². The Labute approximate surface area is 108 Å². The molecule has 0 bridgehead atoms. The molecule has 2 rings (SSSR count). The second kappa shape index (κ2) is 4.22. The van der Waals surface area contributed by atoms with Gasteiger partial charge < -0.3 is 14.8 Å². The van der Waals surface area contributed by atoms with Crippen molar-refractivity contribution in [2.45, 2.75) is 25.9 Å². The van der Waals surface area contributed by atoms with Gasteiger partial charge in [-0.05, 0) is 35.8 Å². The van der Waals surface area contributed by atoms with Crippen LogP contribution in [0.1, 0.15) is 20.3 Å². The number of hydrogen-bond acceptors (Lipinski definition) is 3. The molecule has 0 spiro atoms. The molecule has 0 radical (unpaired) electrons. The van der Waals surface area contributed by atoms with Gasteiger partial charge in [-0.25, -0.2) is 0 Å². The van der Waals surface area contributed by atoms with Crippen LogP contribution in [-0.4, -0.2) is 18.6 Å². The summed E-state index contributed by atoms with van der Waals surface area (Å²) in [4.78, 5) is 11.7. The van der Waals surface area contributed by atoms with Gasteiger partial charge in [-0.2, -0.15) is 0 Å². The quantitative estimate of drug-likeness (QED) is 0.867. The van der Waals surface area contributed by atoms with E-state index in [0.717, 1.165) is 4.47 Å². The van der Waals surface area contributed by atoms with E-state index in [1.54, 1.807) is 13.2 Å². The SMILES string of the molecule is COc1cc(Br)c2c(c1)NC(=O)CC(C)(C)O2. The Kier molecular flexibility index (Phi) is 3.03. The lowest BCUT2D eigenvalue weighted by Crippen LogP contribution is -2.30. The molecule has 1 aliphatic heterocycles. The minimum atomic E-state index is -0.521. The molecule has 0 aliphatic carbocycles. The van der Waals surface area contributed by atoms with Crippen LogP contribution in [0.3, 0.4) is 0 Å². The molecular formula is C12H14BrNO3. The number of benzene rings is 1. The maximum Gasteiger partial charge on any atom is 0.228 e. The van der Waals surface area contributed by atoms with Gasteiger partial charge in [0.15, 0.2) is 5.75 Å². The van der Waals surface area contributed by atoms with Crippen LogP contribution in [0.5, 0.6) is 11.5 Å². The zero-order valence-corrected chi connectivity index (χ0v) is 11.6. The number of carbonyl (C=O) groups excluding carboxylic acids is 1. The average Bonchev–Trinajstić information content (AvgIpc) is 2.32. The zero-order valence-electron chi connectivity index (χ0n) is 9.96. The van der Waals surface area contributed by atoms with Crippen molar-refractivity contribution in [3.63, 3.8) is 0 Å². The summed E-state index contributed by atoms with van der Waals surface area (Å²) < 4.78 is 11.8. The van der Waals surface area contributed by atoms with Crippen molar-refractivity contribution in [3.05, 3.63) is 16.6 Å². The van der Waals surface area contributed by atoms with Crippen LogP contribution in [0.15, 0.2) is 16.6 Å². The van der Waals surface area contributed by atoms with Gasteiger partial charge >= 0.3 is 0 Å². The molecule has 0 atom stereocenters. The number of nitrogens with one attached hydrogen (secondary N) is 1. The van der Waals surface area contributed by atoms with Gasteiger partial charge in [0.1, 0.15) is 11.4 Å². The maximum absolute atomic E-state index is 11.7. The molecule has 0 fully saturated rings. The Morgan fingerprint density at radius 1 is 1.47 bits per heavy atom. The first-order valence-corrected chi connectivity index (χ1v) is 6.07. The number of amides is 1. The number of fused-ring (bicyclic) bond motifs is 1. The number of hydrogen-bond donors (Lipinski definition) is 1. The van der Waals surface area contributed by atoms with Gasteiger partial charge in [-0.1, -0.05) is 0 Å². The van der Waals surface area contributed by atoms with Gasteiger partial charge in [-0.15, -0.1) is 0 Å². The van der Waals surface area contributed by atoms with Crippen LogP contribution in [0.2, 0.25) is 0 Å². The van der Waals surface area contributed by atoms with Gasteiger partial charge in [0.05, 0.1) is 23.7 Å². The number of methoxy groups -OCH3 is 1. The fraction of sp³-hybridized carbons (Fsp3) is 0.417. The lowest BCUT2D eigenvalue weighted by Gasteiger charge is -2.23. The summed E-state index contributed by atoms with van der Waals surface area (Å²) in [5.74, 6) is 1.25. The number of carbonyl (C=O) groups is 1. The fourth-order valence-corrected chi connectivity index (χ4v) is 2.30. The van der Waals surface area contributed by atoms with Crippen LogP contribution in [0, 0.1) is 0 Å². The van der Waals surface area contributed by atoms with E-state index in [1.165, 1.54) is 0 Å². The summed E-state index contributed by atoms with van der Waals surface area (Å²) in [6, 6.07) is 3.56. The average molecular weight is 300 g/mol. The number of rotatable bonds is 1. The van der Waals surface area contributed by atoms with E-state index >= 15 is 0 Å². The van der Waals surface area contributed by atoms with E-state index < -0.39 is 5.60 Å². The first-order chi connectivity index (χ1) is 7.91. The first-order valence-electron chi connectivity index (χ1n) is 5.28. The first kappa shape index (κ1) is 12.2. The lowest BCUT2D eigenvalue weighted by atomic mass is 10.1. The highest BCUT2D eigenvalue weighted by Crippen LogP contribution is 2.41. The predicted octanol–water partition coefficient (Wildman–Crippen LogP) is 2.96. The second-order valence-electron chi connectivity index (χ2n) is 4.57. The summed E-state index contributed by atoms with van der Waals surface area (Å²) >= 11 is 3.42. The molecule has 1 heterocycles. The van der Waals surface area contributed by atoms with Crippen molar-refractivity contribution in [2.24, 2.45) is 0 Å². The standard InChI is InChI=1S/C12H14BrNO3/c1-12(2)6-10(15)14-9-5-7(16-3)4-8(13)11(9)17-12/h4-5H,6H2,1-3H3,(H,14,15). The Morgan fingerprint density at radius 3 is 2.82 bits per heavy atom. The summed E-state index contributed by atoms with van der Waals surface area (Å²) in [6.45, 7) is 3.77. The lowest BCUT2D eigenvalue weighted by molar-refractivity contribution is -0.118. The molecule has 0 saturated carbocycles. The Morgan fingerprint density at radius 2 is 2.18 bits per heavy atom. The highest BCUT2D eigenvalue weighted by molar-refractivity contribution is 9.10. The molecule has 0 aromatic heterocycles. The second-order valence-corrected chi connectivity index (χ2v) is 5.43. The van der Waals surface area contributed by atoms with Gasteiger partial charge in [0.25, 0.3) is 0 Å². The molecule has 17 heavy (non-hydrogen) atoms. The van der Waals surface area contributed by atoms with E-state index in [2.05, 4.69) is 21.2 Å². The summed E-state index contributed by atoms with van der Waals surface area (Å²) in [6.07, 6.45) is 0.316. The molecule has 0 saturated heterocycles. The summed E-state index contributed by atoms with van der Waals surface area (Å²) in [5, 5.41) is 2.82. The van der Waals surface area contributed by atoms with Crippen molar-refractivity contribution < 1.29 is 14.3 Å². The number of ether oxygens (including phenoxy) is 2. The van der Waals surface area contributed by atoms with Crippen LogP contribution in [-0.2, 0) is 4.79 Å². The van der Waals surface area contributed by atoms with Crippen molar-refractivity contribution in [1.29, 1.82) is 0 Å². The fourth-order valence-electron chi connectivity index (χ4n) is 1.78. The molecule has 1 aromatic rings. The Hall–Kier alpha value is -1.23. The van der Waals surface area contributed by atoms with Crippen molar-refractivity contribution in [3.8, 4) is 11.5 Å². The van der Waals surface area contributed by atoms with E-state index in [-0.39, 0.29) is 5.91 Å². The summed E-state index contributed by atoms with van der Waals surface area (Å²) in [7, 11) is 1.58. The third kappa shape index (κ3) is 2.54. The van der Waals surface area contributed by atoms with Crippen molar-refractivity contribution in [2.75, 3.05) is 12.4 Å². The molecule has 4 nitrogen and oxygen atoms in total. The van der Waals surface area contributed by atoms with E-state index in [4.69, 9.17) is 9.47 Å². The largest absolute Gasteiger partial charge is 0.497 e. The molecule has 1 aromatic carbocycles. The smallest absolute Gasteiger partial charge is 0.228 e. The minimum absolute atomic E-state index is 0.0612. The third-order valence-corrected chi connectivity index (χ3v) is 3.08. The van der Waals surface area contributed by atoms with Crippen LogP contribution < -0.4 is 14.8 Å². The maximum atomic E-state index is 11.7. The molecule has 5 heteroatoms. The summed E-state index contributed by atoms with van der Waals surface area (Å²) in [5.41, 5.74) is 0.110. The Balaban J connectivity index is 2.52. The van der Waals surface area contributed by atoms with E-state index in [1.807, 2.05) is 19.9 Å². The van der Waals surface area contributed by atoms with E-state index in [9.17, 15) is 4.79 Å². The van der Waals surface area contributed by atoms with Crippen molar-refractivity contribution >= 4 is 27.5 Å². The van der Waals surface area contributed by atoms with Crippen LogP contribution in [0.4, 0.5) is 5.69 Å². The Bertz CT molecular complexity index is 471. The number of anilines is 1. The molecule has 0 unspecified atom stereocenters. The topological polar surface area (TPSA) is 47.6 Å². The van der Waals surface area contributed by atoms with E-state index in [0.29, 0.717) is 23.6 Å². The minimum Gasteiger partial charge on any atom is -0.497 e. The van der Waals surface area contributed by atoms with Crippen LogP contribution >= 0.6 is 15.9 Å². The molecule has 1 amide bonds. The molecule has 92 valence electrons. The van der Waals surface area contributed by atoms with Crippen LogP contribution in [0.25, 0.3) is 0 Å². The highest BCUT2D eigenvalue weighted by Gasteiger charge is 2.30. The van der Waals surface area contributed by atoms with Gasteiger partial charge in [0.2, 0.25) is 5.91 Å². The van der Waals surface area contributed by atoms with Crippen molar-refractivity contribution in [1.82, 2.24) is 0 Å². The molecule has 1 aliphatic rings. The zero-order chi connectivity index (χ0) is 12.6. The monoisotopic (exact) mass is 299 g/mol. The van der Waals surface area contributed by atoms with Gasteiger partial charge in [-0.3, -0.25) is 4.79 Å². The molecular weight excluding hydrogens is 286 g/mol. The predicted molar refractivity (Wildman–Crippen MR) is 68.6 cm³/mol. The highest BCUT2D eigenvalue weighted by atomic mass is 79.9. The number of halogens is 1. The molecule has 1 N–H and O–H groups in total. The normalized spacial score (nSPS) is 17.5. The third-order valence-electron chi connectivity index (χ3n) is 2.49.